The molecule has 2 rings (SSSR count). The molecule has 2 aromatic heterocycles. The number of ether oxygens (including phenoxy) is 1. The zero-order valence-electron chi connectivity index (χ0n) is 11.4. The van der Waals surface area contributed by atoms with Crippen LogP contribution in [0.15, 0.2) is 22.6 Å². The molecule has 6 heteroatoms. The maximum absolute atomic E-state index is 5.49. The molecule has 0 saturated carbocycles. The predicted octanol–water partition coefficient (Wildman–Crippen LogP) is 2.18. The number of nitrogens with zero attached hydrogens (tertiary/aromatic N) is 2. The minimum atomic E-state index is 0.379. The molecule has 0 aliphatic heterocycles. The predicted molar refractivity (Wildman–Crippen MR) is 73.1 cm³/mol. The lowest BCUT2D eigenvalue weighted by Crippen LogP contribution is -2.07. The van der Waals surface area contributed by atoms with Crippen LogP contribution in [0.4, 0.5) is 11.6 Å². The van der Waals surface area contributed by atoms with Gasteiger partial charge in [-0.15, -0.1) is 0 Å². The van der Waals surface area contributed by atoms with Gasteiger partial charge in [0.05, 0.1) is 6.54 Å². The second kappa shape index (κ2) is 6.19. The Morgan fingerprint density at radius 2 is 2.05 bits per heavy atom. The molecule has 102 valence electrons. The van der Waals surface area contributed by atoms with Crippen molar-refractivity contribution in [3.05, 3.63) is 35.5 Å². The summed E-state index contributed by atoms with van der Waals surface area (Å²) in [6.45, 7) is 2.88. The lowest BCUT2D eigenvalue weighted by atomic mass is 10.4. The lowest BCUT2D eigenvalue weighted by molar-refractivity contribution is 0.178. The molecule has 0 bridgehead atoms. The van der Waals surface area contributed by atoms with Gasteiger partial charge in [-0.2, -0.15) is 0 Å². The standard InChI is InChI=1S/C13H18N4O2/c1-9-4-5-10(19-9)7-15-12-6-11(14-2)16-13(17-12)8-18-3/h4-6H,7-8H2,1-3H3,(H2,14,15,16,17). The number of rotatable bonds is 6. The van der Waals surface area contributed by atoms with Gasteiger partial charge in [-0.05, 0) is 19.1 Å². The summed E-state index contributed by atoms with van der Waals surface area (Å²) in [6, 6.07) is 5.72. The Morgan fingerprint density at radius 3 is 2.68 bits per heavy atom. The maximum atomic E-state index is 5.49. The highest BCUT2D eigenvalue weighted by molar-refractivity contribution is 5.47. The smallest absolute Gasteiger partial charge is 0.158 e. The van der Waals surface area contributed by atoms with Gasteiger partial charge in [0.25, 0.3) is 0 Å². The van der Waals surface area contributed by atoms with E-state index >= 15 is 0 Å². The molecule has 0 radical (unpaired) electrons. The average Bonchev–Trinajstić information content (AvgIpc) is 2.82. The van der Waals surface area contributed by atoms with E-state index in [1.54, 1.807) is 7.11 Å². The normalized spacial score (nSPS) is 10.5. The monoisotopic (exact) mass is 262 g/mol. The topological polar surface area (TPSA) is 72.2 Å². The zero-order valence-corrected chi connectivity index (χ0v) is 11.4. The molecule has 2 N–H and O–H groups in total. The van der Waals surface area contributed by atoms with Crippen LogP contribution >= 0.6 is 0 Å². The zero-order chi connectivity index (χ0) is 13.7. The van der Waals surface area contributed by atoms with Crippen LogP contribution in [0, 0.1) is 6.92 Å². The first-order valence-electron chi connectivity index (χ1n) is 6.05. The number of anilines is 2. The van der Waals surface area contributed by atoms with Gasteiger partial charge in [0.15, 0.2) is 5.82 Å². The minimum absolute atomic E-state index is 0.379. The molecule has 0 atom stereocenters. The summed E-state index contributed by atoms with van der Waals surface area (Å²) < 4.78 is 10.5. The first-order chi connectivity index (χ1) is 9.21. The van der Waals surface area contributed by atoms with Crippen molar-refractivity contribution >= 4 is 11.6 Å². The van der Waals surface area contributed by atoms with E-state index in [2.05, 4.69) is 20.6 Å². The summed E-state index contributed by atoms with van der Waals surface area (Å²) in [7, 11) is 3.44. The Bertz CT molecular complexity index is 539. The van der Waals surface area contributed by atoms with Gasteiger partial charge in [0, 0.05) is 20.2 Å². The fourth-order valence-corrected chi connectivity index (χ4v) is 1.67. The fourth-order valence-electron chi connectivity index (χ4n) is 1.67. The van der Waals surface area contributed by atoms with Gasteiger partial charge < -0.3 is 19.8 Å². The van der Waals surface area contributed by atoms with Gasteiger partial charge in [0.2, 0.25) is 0 Å². The lowest BCUT2D eigenvalue weighted by Gasteiger charge is -2.08. The summed E-state index contributed by atoms with van der Waals surface area (Å²) in [4.78, 5) is 8.65. The Kier molecular flexibility index (Phi) is 4.35. The van der Waals surface area contributed by atoms with Crippen molar-refractivity contribution < 1.29 is 9.15 Å². The van der Waals surface area contributed by atoms with E-state index in [-0.39, 0.29) is 0 Å². The molecule has 2 heterocycles. The van der Waals surface area contributed by atoms with Gasteiger partial charge in [-0.25, -0.2) is 9.97 Å². The Hall–Kier alpha value is -2.08. The molecule has 0 saturated heterocycles. The number of furan rings is 1. The van der Waals surface area contributed by atoms with Gasteiger partial charge in [-0.1, -0.05) is 0 Å². The van der Waals surface area contributed by atoms with Crippen LogP contribution in [0.1, 0.15) is 17.3 Å². The number of aromatic nitrogens is 2. The molecule has 0 unspecified atom stereocenters. The molecular formula is C13H18N4O2. The molecular weight excluding hydrogens is 244 g/mol. The number of nitrogens with one attached hydrogen (secondary N) is 2. The largest absolute Gasteiger partial charge is 0.465 e. The first-order valence-corrected chi connectivity index (χ1v) is 6.05. The summed E-state index contributed by atoms with van der Waals surface area (Å²) >= 11 is 0. The molecule has 0 aliphatic carbocycles. The average molecular weight is 262 g/mol. The van der Waals surface area contributed by atoms with Crippen molar-refractivity contribution in [2.24, 2.45) is 0 Å². The van der Waals surface area contributed by atoms with Crippen molar-refractivity contribution in [1.29, 1.82) is 0 Å². The highest BCUT2D eigenvalue weighted by Gasteiger charge is 2.05. The van der Waals surface area contributed by atoms with E-state index < -0.39 is 0 Å². The van der Waals surface area contributed by atoms with Crippen LogP contribution in [-0.4, -0.2) is 24.1 Å². The summed E-state index contributed by atoms with van der Waals surface area (Å²) in [5.41, 5.74) is 0. The Morgan fingerprint density at radius 1 is 1.26 bits per heavy atom. The van der Waals surface area contributed by atoms with Crippen molar-refractivity contribution in [3.63, 3.8) is 0 Å². The van der Waals surface area contributed by atoms with E-state index in [4.69, 9.17) is 9.15 Å². The summed E-state index contributed by atoms with van der Waals surface area (Å²) in [5.74, 6) is 3.89. The second-order valence-corrected chi connectivity index (χ2v) is 4.10. The second-order valence-electron chi connectivity index (χ2n) is 4.10. The number of methoxy groups -OCH3 is 1. The van der Waals surface area contributed by atoms with Crippen molar-refractivity contribution in [3.8, 4) is 0 Å². The summed E-state index contributed by atoms with van der Waals surface area (Å²) in [5, 5.41) is 6.21. The number of hydrogen-bond donors (Lipinski definition) is 2. The Labute approximate surface area is 112 Å². The van der Waals surface area contributed by atoms with E-state index in [1.807, 2.05) is 32.2 Å². The van der Waals surface area contributed by atoms with E-state index in [1.165, 1.54) is 0 Å². The molecule has 6 nitrogen and oxygen atoms in total. The van der Waals surface area contributed by atoms with Crippen LogP contribution in [-0.2, 0) is 17.9 Å². The molecule has 19 heavy (non-hydrogen) atoms. The van der Waals surface area contributed by atoms with Gasteiger partial charge >= 0.3 is 0 Å². The van der Waals surface area contributed by atoms with E-state index in [0.29, 0.717) is 19.0 Å². The van der Waals surface area contributed by atoms with Crippen LogP contribution < -0.4 is 10.6 Å². The van der Waals surface area contributed by atoms with Crippen LogP contribution in [0.25, 0.3) is 0 Å². The third-order valence-corrected chi connectivity index (χ3v) is 2.54. The van der Waals surface area contributed by atoms with Crippen molar-refractivity contribution in [1.82, 2.24) is 9.97 Å². The molecule has 0 amide bonds. The van der Waals surface area contributed by atoms with Crippen LogP contribution in [0.2, 0.25) is 0 Å². The minimum Gasteiger partial charge on any atom is -0.465 e. The van der Waals surface area contributed by atoms with Gasteiger partial charge in [0.1, 0.15) is 29.8 Å². The van der Waals surface area contributed by atoms with E-state index in [9.17, 15) is 0 Å². The van der Waals surface area contributed by atoms with Crippen molar-refractivity contribution in [2.45, 2.75) is 20.1 Å². The molecule has 0 fully saturated rings. The molecule has 0 spiro atoms. The number of hydrogen-bond acceptors (Lipinski definition) is 6. The van der Waals surface area contributed by atoms with Crippen molar-refractivity contribution in [2.75, 3.05) is 24.8 Å². The van der Waals surface area contributed by atoms with E-state index in [0.717, 1.165) is 23.2 Å². The summed E-state index contributed by atoms with van der Waals surface area (Å²) in [6.07, 6.45) is 0. The first kappa shape index (κ1) is 13.4. The van der Waals surface area contributed by atoms with Gasteiger partial charge in [-0.3, -0.25) is 0 Å². The highest BCUT2D eigenvalue weighted by Crippen LogP contribution is 2.13. The fraction of sp³-hybridized carbons (Fsp3) is 0.385. The Balaban J connectivity index is 2.08. The quantitative estimate of drug-likeness (QED) is 0.831. The van der Waals surface area contributed by atoms with Crippen LogP contribution in [0.3, 0.4) is 0 Å². The molecule has 0 aliphatic rings. The highest BCUT2D eigenvalue weighted by atomic mass is 16.5. The number of aryl methyl sites for hydroxylation is 1. The molecule has 2 aromatic rings. The van der Waals surface area contributed by atoms with Crippen LogP contribution in [0.5, 0.6) is 0 Å². The molecule has 0 aromatic carbocycles. The maximum Gasteiger partial charge on any atom is 0.158 e. The third-order valence-electron chi connectivity index (χ3n) is 2.54. The SMILES string of the molecule is CNc1cc(NCc2ccc(C)o2)nc(COC)n1. The third kappa shape index (κ3) is 3.69.